The van der Waals surface area contributed by atoms with Crippen molar-refractivity contribution in [1.29, 1.82) is 0 Å². The lowest BCUT2D eigenvalue weighted by Gasteiger charge is -2.11. The van der Waals surface area contributed by atoms with Crippen LogP contribution in [0, 0.1) is 10.1 Å². The summed E-state index contributed by atoms with van der Waals surface area (Å²) in [6.07, 6.45) is -2.15. The van der Waals surface area contributed by atoms with Crippen LogP contribution in [-0.4, -0.2) is 26.4 Å². The number of hydrogen-bond acceptors (Lipinski definition) is 4. The molecule has 2 aromatic rings. The number of rotatable bonds is 7. The van der Waals surface area contributed by atoms with E-state index in [1.807, 2.05) is 0 Å². The highest BCUT2D eigenvalue weighted by atomic mass is 32.1. The summed E-state index contributed by atoms with van der Waals surface area (Å²) >= 11 is 5.14. The third kappa shape index (κ3) is 5.18. The summed E-state index contributed by atoms with van der Waals surface area (Å²) in [5.74, 6) is 0.160. The van der Waals surface area contributed by atoms with Gasteiger partial charge in [0.25, 0.3) is 5.69 Å². The largest absolute Gasteiger partial charge is 0.435 e. The Morgan fingerprint density at radius 1 is 1.36 bits per heavy atom. The summed E-state index contributed by atoms with van der Waals surface area (Å²) in [6, 6.07) is 7.06. The van der Waals surface area contributed by atoms with E-state index in [1.165, 1.54) is 16.8 Å². The maximum atomic E-state index is 12.9. The molecular weight excluding hydrogens is 395 g/mol. The molecule has 0 spiro atoms. The minimum absolute atomic E-state index is 0.0560. The zero-order valence-electron chi connectivity index (χ0n) is 14.7. The third-order valence-electron chi connectivity index (χ3n) is 4.24. The highest BCUT2D eigenvalue weighted by Crippen LogP contribution is 2.42. The van der Waals surface area contributed by atoms with Gasteiger partial charge in [0.1, 0.15) is 0 Å². The molecule has 2 N–H and O–H groups in total. The number of halogens is 3. The van der Waals surface area contributed by atoms with E-state index in [0.717, 1.165) is 18.9 Å². The van der Waals surface area contributed by atoms with Crippen LogP contribution in [0.25, 0.3) is 0 Å². The average Bonchev–Trinajstić information content (AvgIpc) is 3.37. The zero-order valence-corrected chi connectivity index (χ0v) is 15.5. The van der Waals surface area contributed by atoms with Crippen molar-refractivity contribution in [1.82, 2.24) is 15.1 Å². The molecule has 1 heterocycles. The maximum absolute atomic E-state index is 12.9. The number of hydrogen-bond donors (Lipinski definition) is 2. The van der Waals surface area contributed by atoms with E-state index >= 15 is 0 Å². The SMILES string of the molecule is O=[N+]([O-])c1cccc(NC(=S)NCCCn2nc(C(F)(F)F)cc2C2CC2)c1. The quantitative estimate of drug-likeness (QED) is 0.308. The molecule has 0 amide bonds. The minimum Gasteiger partial charge on any atom is -0.362 e. The van der Waals surface area contributed by atoms with E-state index < -0.39 is 16.8 Å². The van der Waals surface area contributed by atoms with Crippen molar-refractivity contribution in [3.05, 3.63) is 51.8 Å². The van der Waals surface area contributed by atoms with Crippen molar-refractivity contribution in [2.75, 3.05) is 11.9 Å². The van der Waals surface area contributed by atoms with Gasteiger partial charge in [0.15, 0.2) is 10.8 Å². The molecule has 3 rings (SSSR count). The molecule has 0 radical (unpaired) electrons. The second-order valence-electron chi connectivity index (χ2n) is 6.49. The molecule has 1 saturated carbocycles. The topological polar surface area (TPSA) is 85.0 Å². The van der Waals surface area contributed by atoms with Crippen molar-refractivity contribution in [2.45, 2.75) is 37.9 Å². The first-order valence-corrected chi connectivity index (χ1v) is 9.09. The molecule has 1 fully saturated rings. The van der Waals surface area contributed by atoms with Crippen LogP contribution in [0.1, 0.15) is 36.6 Å². The maximum Gasteiger partial charge on any atom is 0.435 e. The van der Waals surface area contributed by atoms with Crippen molar-refractivity contribution in [3.63, 3.8) is 0 Å². The Hall–Kier alpha value is -2.69. The van der Waals surface area contributed by atoms with Gasteiger partial charge < -0.3 is 10.6 Å². The number of thiocarbonyl (C=S) groups is 1. The fourth-order valence-electron chi connectivity index (χ4n) is 2.76. The van der Waals surface area contributed by atoms with Gasteiger partial charge in [-0.3, -0.25) is 14.8 Å². The number of non-ortho nitro benzene ring substituents is 1. The van der Waals surface area contributed by atoms with Gasteiger partial charge in [0.2, 0.25) is 0 Å². The number of benzene rings is 1. The normalized spacial score (nSPS) is 14.0. The van der Waals surface area contributed by atoms with Gasteiger partial charge in [-0.2, -0.15) is 18.3 Å². The summed E-state index contributed by atoms with van der Waals surface area (Å²) in [5, 5.41) is 20.5. The molecule has 7 nitrogen and oxygen atoms in total. The first kappa shape index (κ1) is 20.1. The van der Waals surface area contributed by atoms with Gasteiger partial charge in [0, 0.05) is 42.5 Å². The minimum atomic E-state index is -4.45. The number of anilines is 1. The molecule has 28 heavy (non-hydrogen) atoms. The summed E-state index contributed by atoms with van der Waals surface area (Å²) in [5.41, 5.74) is 0.194. The van der Waals surface area contributed by atoms with E-state index in [0.29, 0.717) is 30.9 Å². The number of nitro benzene ring substituents is 1. The van der Waals surface area contributed by atoms with Crippen LogP contribution in [0.2, 0.25) is 0 Å². The number of nitrogens with zero attached hydrogens (tertiary/aromatic N) is 3. The number of aryl methyl sites for hydroxylation is 1. The Bertz CT molecular complexity index is 880. The van der Waals surface area contributed by atoms with E-state index in [2.05, 4.69) is 15.7 Å². The number of alkyl halides is 3. The first-order valence-electron chi connectivity index (χ1n) is 8.68. The van der Waals surface area contributed by atoms with Crippen molar-refractivity contribution in [3.8, 4) is 0 Å². The molecule has 0 unspecified atom stereocenters. The lowest BCUT2D eigenvalue weighted by atomic mass is 10.2. The second-order valence-corrected chi connectivity index (χ2v) is 6.90. The monoisotopic (exact) mass is 413 g/mol. The molecule has 11 heteroatoms. The summed E-state index contributed by atoms with van der Waals surface area (Å²) in [7, 11) is 0. The lowest BCUT2D eigenvalue weighted by Crippen LogP contribution is -2.30. The van der Waals surface area contributed by atoms with Crippen molar-refractivity contribution >= 4 is 28.7 Å². The summed E-state index contributed by atoms with van der Waals surface area (Å²) < 4.78 is 40.1. The van der Waals surface area contributed by atoms with Gasteiger partial charge in [-0.25, -0.2) is 0 Å². The lowest BCUT2D eigenvalue weighted by molar-refractivity contribution is -0.384. The Labute approximate surface area is 164 Å². The average molecular weight is 413 g/mol. The van der Waals surface area contributed by atoms with Gasteiger partial charge >= 0.3 is 6.18 Å². The van der Waals surface area contributed by atoms with Gasteiger partial charge in [-0.15, -0.1) is 0 Å². The van der Waals surface area contributed by atoms with E-state index in [1.54, 1.807) is 12.1 Å². The standard InChI is InChI=1S/C17H18F3N5O2S/c18-17(19,20)15-10-14(11-5-6-11)24(23-15)8-2-7-21-16(28)22-12-3-1-4-13(9-12)25(26)27/h1,3-4,9-11H,2,5-8H2,(H2,21,22,28). The number of nitrogens with one attached hydrogen (secondary N) is 2. The molecule has 1 aliphatic rings. The molecule has 150 valence electrons. The molecular formula is C17H18F3N5O2S. The predicted molar refractivity (Wildman–Crippen MR) is 101 cm³/mol. The Balaban J connectivity index is 1.49. The third-order valence-corrected chi connectivity index (χ3v) is 4.49. The zero-order chi connectivity index (χ0) is 20.3. The summed E-state index contributed by atoms with van der Waals surface area (Å²) in [6.45, 7) is 0.764. The number of aromatic nitrogens is 2. The van der Waals surface area contributed by atoms with Crippen LogP contribution in [0.5, 0.6) is 0 Å². The van der Waals surface area contributed by atoms with Crippen LogP contribution in [0.4, 0.5) is 24.5 Å². The number of nitro groups is 1. The van der Waals surface area contributed by atoms with Gasteiger partial charge in [-0.1, -0.05) is 6.07 Å². The molecule has 1 aromatic carbocycles. The first-order chi connectivity index (χ1) is 13.2. The predicted octanol–water partition coefficient (Wildman–Crippen LogP) is 4.06. The molecule has 0 aliphatic heterocycles. The second kappa shape index (κ2) is 8.13. The van der Waals surface area contributed by atoms with Crippen LogP contribution in [0.3, 0.4) is 0 Å². The Kier molecular flexibility index (Phi) is 5.82. The van der Waals surface area contributed by atoms with Crippen LogP contribution in [-0.2, 0) is 12.7 Å². The van der Waals surface area contributed by atoms with Crippen LogP contribution in [0.15, 0.2) is 30.3 Å². The van der Waals surface area contributed by atoms with Crippen molar-refractivity contribution < 1.29 is 18.1 Å². The van der Waals surface area contributed by atoms with E-state index in [-0.39, 0.29) is 16.7 Å². The Morgan fingerprint density at radius 3 is 2.75 bits per heavy atom. The highest BCUT2D eigenvalue weighted by Gasteiger charge is 2.37. The van der Waals surface area contributed by atoms with Crippen molar-refractivity contribution in [2.24, 2.45) is 0 Å². The highest BCUT2D eigenvalue weighted by molar-refractivity contribution is 7.80. The molecule has 0 saturated heterocycles. The molecule has 0 atom stereocenters. The summed E-state index contributed by atoms with van der Waals surface area (Å²) in [4.78, 5) is 10.3. The molecule has 0 bridgehead atoms. The van der Waals surface area contributed by atoms with Crippen LogP contribution >= 0.6 is 12.2 Å². The Morgan fingerprint density at radius 2 is 2.11 bits per heavy atom. The fourth-order valence-corrected chi connectivity index (χ4v) is 2.98. The molecule has 1 aliphatic carbocycles. The van der Waals surface area contributed by atoms with E-state index in [4.69, 9.17) is 12.2 Å². The fraction of sp³-hybridized carbons (Fsp3) is 0.412. The van der Waals surface area contributed by atoms with Gasteiger partial charge in [0.05, 0.1) is 4.92 Å². The smallest absolute Gasteiger partial charge is 0.362 e. The van der Waals surface area contributed by atoms with E-state index in [9.17, 15) is 23.3 Å². The molecule has 1 aromatic heterocycles. The van der Waals surface area contributed by atoms with Crippen LogP contribution < -0.4 is 10.6 Å². The van der Waals surface area contributed by atoms with Gasteiger partial charge in [-0.05, 0) is 43.6 Å².